The zero-order valence-electron chi connectivity index (χ0n) is 15.3. The Morgan fingerprint density at radius 1 is 1.00 bits per heavy atom. The van der Waals surface area contributed by atoms with Crippen LogP contribution >= 0.6 is 0 Å². The molecule has 4 rings (SSSR count). The minimum Gasteiger partial charge on any atom is -0.337 e. The summed E-state index contributed by atoms with van der Waals surface area (Å²) >= 11 is 0. The number of imidazole rings is 1. The Morgan fingerprint density at radius 3 is 2.48 bits per heavy atom. The molecule has 0 saturated carbocycles. The van der Waals surface area contributed by atoms with Crippen LogP contribution in [0.15, 0.2) is 48.7 Å². The van der Waals surface area contributed by atoms with E-state index in [-0.39, 0.29) is 17.6 Å². The van der Waals surface area contributed by atoms with Crippen molar-refractivity contribution in [2.24, 2.45) is 0 Å². The molecule has 1 fully saturated rings. The van der Waals surface area contributed by atoms with Crippen molar-refractivity contribution in [3.8, 4) is 0 Å². The molecule has 0 unspecified atom stereocenters. The van der Waals surface area contributed by atoms with Crippen LogP contribution in [-0.2, 0) is 0 Å². The fraction of sp³-hybridized carbons (Fsp3) is 0.286. The number of piperidine rings is 1. The van der Waals surface area contributed by atoms with E-state index in [0.29, 0.717) is 16.9 Å². The van der Waals surface area contributed by atoms with Crippen LogP contribution < -0.4 is 5.32 Å². The number of nitrogens with zero attached hydrogens (tertiary/aromatic N) is 3. The van der Waals surface area contributed by atoms with Crippen LogP contribution in [0.4, 0.5) is 5.69 Å². The number of anilines is 1. The predicted molar refractivity (Wildman–Crippen MR) is 104 cm³/mol. The molecule has 2 aromatic heterocycles. The van der Waals surface area contributed by atoms with Crippen molar-refractivity contribution in [2.45, 2.75) is 26.2 Å². The van der Waals surface area contributed by atoms with Gasteiger partial charge in [-0.3, -0.25) is 14.0 Å². The SMILES string of the molecule is Cc1ccc(NC(=O)c2nc(C(=O)N3CCCCC3)c3ccccn23)cc1. The van der Waals surface area contributed by atoms with Crippen molar-refractivity contribution >= 4 is 23.0 Å². The number of amides is 2. The molecular formula is C21H22N4O2. The number of hydrogen-bond donors (Lipinski definition) is 1. The third-order valence-corrected chi connectivity index (χ3v) is 4.91. The first-order valence-electron chi connectivity index (χ1n) is 9.28. The number of likely N-dealkylation sites (tertiary alicyclic amines) is 1. The summed E-state index contributed by atoms with van der Waals surface area (Å²) in [6.07, 6.45) is 4.94. The second-order valence-electron chi connectivity index (χ2n) is 6.91. The number of fused-ring (bicyclic) bond motifs is 1. The number of pyridine rings is 1. The van der Waals surface area contributed by atoms with Gasteiger partial charge in [0.05, 0.1) is 5.52 Å². The summed E-state index contributed by atoms with van der Waals surface area (Å²) in [5.74, 6) is -0.225. The van der Waals surface area contributed by atoms with Crippen LogP contribution in [-0.4, -0.2) is 39.2 Å². The highest BCUT2D eigenvalue weighted by atomic mass is 16.2. The van der Waals surface area contributed by atoms with Crippen molar-refractivity contribution < 1.29 is 9.59 Å². The van der Waals surface area contributed by atoms with Crippen molar-refractivity contribution in [3.05, 3.63) is 65.7 Å². The van der Waals surface area contributed by atoms with Crippen molar-refractivity contribution in [2.75, 3.05) is 18.4 Å². The molecule has 0 aliphatic carbocycles. The Morgan fingerprint density at radius 2 is 1.74 bits per heavy atom. The topological polar surface area (TPSA) is 66.7 Å². The average molecular weight is 362 g/mol. The molecule has 1 saturated heterocycles. The Kier molecular flexibility index (Phi) is 4.62. The Balaban J connectivity index is 1.67. The third kappa shape index (κ3) is 3.43. The van der Waals surface area contributed by atoms with E-state index in [2.05, 4.69) is 10.3 Å². The molecule has 3 heterocycles. The van der Waals surface area contributed by atoms with Crippen LogP contribution in [0.2, 0.25) is 0 Å². The number of carbonyl (C=O) groups is 2. The third-order valence-electron chi connectivity index (χ3n) is 4.91. The number of hydrogen-bond acceptors (Lipinski definition) is 3. The summed E-state index contributed by atoms with van der Waals surface area (Å²) in [5.41, 5.74) is 2.81. The fourth-order valence-corrected chi connectivity index (χ4v) is 3.43. The monoisotopic (exact) mass is 362 g/mol. The van der Waals surface area contributed by atoms with Gasteiger partial charge in [0.2, 0.25) is 5.82 Å². The van der Waals surface area contributed by atoms with E-state index in [1.807, 2.05) is 54.3 Å². The van der Waals surface area contributed by atoms with E-state index in [9.17, 15) is 9.59 Å². The molecule has 6 nitrogen and oxygen atoms in total. The van der Waals surface area contributed by atoms with Crippen molar-refractivity contribution in [1.29, 1.82) is 0 Å². The van der Waals surface area contributed by atoms with E-state index in [1.165, 1.54) is 0 Å². The van der Waals surface area contributed by atoms with Gasteiger partial charge in [0.1, 0.15) is 0 Å². The number of benzene rings is 1. The normalized spacial score (nSPS) is 14.3. The molecule has 138 valence electrons. The van der Waals surface area contributed by atoms with Crippen molar-refractivity contribution in [3.63, 3.8) is 0 Å². The summed E-state index contributed by atoms with van der Waals surface area (Å²) in [6, 6.07) is 13.1. The van der Waals surface area contributed by atoms with Crippen LogP contribution in [0, 0.1) is 6.92 Å². The van der Waals surface area contributed by atoms with E-state index >= 15 is 0 Å². The maximum Gasteiger partial charge on any atom is 0.292 e. The van der Waals surface area contributed by atoms with Crippen LogP contribution in [0.5, 0.6) is 0 Å². The van der Waals surface area contributed by atoms with Gasteiger partial charge in [0.15, 0.2) is 5.69 Å². The lowest BCUT2D eigenvalue weighted by atomic mass is 10.1. The summed E-state index contributed by atoms with van der Waals surface area (Å²) < 4.78 is 1.68. The van der Waals surface area contributed by atoms with Gasteiger partial charge in [0, 0.05) is 25.0 Å². The largest absolute Gasteiger partial charge is 0.337 e. The van der Waals surface area contributed by atoms with Gasteiger partial charge in [-0.15, -0.1) is 0 Å². The first-order chi connectivity index (χ1) is 13.1. The molecule has 1 aliphatic heterocycles. The summed E-state index contributed by atoms with van der Waals surface area (Å²) in [5, 5.41) is 2.86. The van der Waals surface area contributed by atoms with E-state index < -0.39 is 0 Å². The van der Waals surface area contributed by atoms with E-state index in [4.69, 9.17) is 0 Å². The van der Waals surface area contributed by atoms with Gasteiger partial charge in [-0.2, -0.15) is 0 Å². The molecule has 0 radical (unpaired) electrons. The second-order valence-corrected chi connectivity index (χ2v) is 6.91. The highest BCUT2D eigenvalue weighted by Crippen LogP contribution is 2.19. The van der Waals surface area contributed by atoms with Gasteiger partial charge < -0.3 is 10.2 Å². The molecular weight excluding hydrogens is 340 g/mol. The summed E-state index contributed by atoms with van der Waals surface area (Å²) in [6.45, 7) is 3.48. The molecule has 1 aliphatic rings. The minimum absolute atomic E-state index is 0.104. The molecule has 0 spiro atoms. The fourth-order valence-electron chi connectivity index (χ4n) is 3.43. The first-order valence-corrected chi connectivity index (χ1v) is 9.28. The Labute approximate surface area is 157 Å². The molecule has 27 heavy (non-hydrogen) atoms. The zero-order chi connectivity index (χ0) is 18.8. The van der Waals surface area contributed by atoms with Gasteiger partial charge in [0.25, 0.3) is 11.8 Å². The molecule has 1 N–H and O–H groups in total. The standard InChI is InChI=1S/C21H22N4O2/c1-15-8-10-16(11-9-15)22-20(26)19-23-18(17-7-3-6-14-25(17)19)21(27)24-12-4-2-5-13-24/h3,6-11,14H,2,4-5,12-13H2,1H3,(H,22,26). The van der Waals surface area contributed by atoms with Gasteiger partial charge in [-0.1, -0.05) is 23.8 Å². The maximum absolute atomic E-state index is 13.0. The zero-order valence-corrected chi connectivity index (χ0v) is 15.3. The predicted octanol–water partition coefficient (Wildman–Crippen LogP) is 3.52. The lowest BCUT2D eigenvalue weighted by Gasteiger charge is -2.25. The smallest absolute Gasteiger partial charge is 0.292 e. The van der Waals surface area contributed by atoms with Crippen LogP contribution in [0.3, 0.4) is 0 Å². The summed E-state index contributed by atoms with van der Waals surface area (Å²) in [7, 11) is 0. The molecule has 0 atom stereocenters. The highest BCUT2D eigenvalue weighted by molar-refractivity contribution is 6.06. The number of nitrogens with one attached hydrogen (secondary N) is 1. The first kappa shape index (κ1) is 17.3. The average Bonchev–Trinajstić information content (AvgIpc) is 3.10. The quantitative estimate of drug-likeness (QED) is 0.775. The molecule has 3 aromatic rings. The highest BCUT2D eigenvalue weighted by Gasteiger charge is 2.26. The van der Waals surface area contributed by atoms with E-state index in [0.717, 1.165) is 37.9 Å². The maximum atomic E-state index is 13.0. The second kappa shape index (κ2) is 7.23. The van der Waals surface area contributed by atoms with Gasteiger partial charge in [-0.25, -0.2) is 4.98 Å². The lowest BCUT2D eigenvalue weighted by molar-refractivity contribution is 0.0721. The van der Waals surface area contributed by atoms with Crippen molar-refractivity contribution in [1.82, 2.24) is 14.3 Å². The van der Waals surface area contributed by atoms with Gasteiger partial charge >= 0.3 is 0 Å². The van der Waals surface area contributed by atoms with E-state index in [1.54, 1.807) is 10.6 Å². The van der Waals surface area contributed by atoms with Gasteiger partial charge in [-0.05, 0) is 50.5 Å². The lowest BCUT2D eigenvalue weighted by Crippen LogP contribution is -2.36. The summed E-state index contributed by atoms with van der Waals surface area (Å²) in [4.78, 5) is 32.0. The molecule has 6 heteroatoms. The number of aromatic nitrogens is 2. The Bertz CT molecular complexity index is 985. The van der Waals surface area contributed by atoms with Crippen LogP contribution in [0.25, 0.3) is 5.52 Å². The molecule has 1 aromatic carbocycles. The van der Waals surface area contributed by atoms with Crippen LogP contribution in [0.1, 0.15) is 45.9 Å². The number of aryl methyl sites for hydroxylation is 1. The molecule has 0 bridgehead atoms. The minimum atomic E-state index is -0.335. The molecule has 2 amide bonds. The number of carbonyl (C=O) groups excluding carboxylic acids is 2. The Hall–Kier alpha value is -3.15. The number of rotatable bonds is 3.